The zero-order valence-electron chi connectivity index (χ0n) is 12.2. The summed E-state index contributed by atoms with van der Waals surface area (Å²) in [5.74, 6) is 0.838. The molecule has 1 fully saturated rings. The van der Waals surface area contributed by atoms with E-state index in [1.807, 2.05) is 6.92 Å². The lowest BCUT2D eigenvalue weighted by molar-refractivity contribution is -0.123. The van der Waals surface area contributed by atoms with E-state index in [1.165, 1.54) is 5.56 Å². The minimum atomic E-state index is -0.196. The van der Waals surface area contributed by atoms with Crippen LogP contribution in [0.2, 0.25) is 0 Å². The van der Waals surface area contributed by atoms with Crippen LogP contribution in [0, 0.1) is 0 Å². The number of nitrogens with one attached hydrogen (secondary N) is 1. The van der Waals surface area contributed by atoms with Crippen molar-refractivity contribution in [3.63, 3.8) is 0 Å². The van der Waals surface area contributed by atoms with Crippen molar-refractivity contribution in [1.29, 1.82) is 0 Å². The van der Waals surface area contributed by atoms with Gasteiger partial charge >= 0.3 is 0 Å². The number of hydrogen-bond donors (Lipinski definition) is 2. The zero-order chi connectivity index (χ0) is 15.0. The van der Waals surface area contributed by atoms with Crippen LogP contribution < -0.4 is 16.0 Å². The molecule has 2 heterocycles. The topological polar surface area (TPSA) is 71.2 Å². The Labute approximate surface area is 129 Å². The maximum atomic E-state index is 12.1. The Bertz CT molecular complexity index is 602. The fourth-order valence-corrected chi connectivity index (χ4v) is 3.39. The second-order valence-corrected chi connectivity index (χ2v) is 6.03. The number of aryl methyl sites for hydroxylation is 2. The van der Waals surface area contributed by atoms with Gasteiger partial charge in [0, 0.05) is 18.8 Å². The monoisotopic (exact) mass is 304 g/mol. The minimum Gasteiger partial charge on any atom is -0.389 e. The molecule has 1 unspecified atom stereocenters. The second kappa shape index (κ2) is 5.60. The summed E-state index contributed by atoms with van der Waals surface area (Å²) in [6.07, 6.45) is 3.90. The van der Waals surface area contributed by atoms with Crippen LogP contribution in [0.4, 0.5) is 5.82 Å². The molecule has 1 aliphatic heterocycles. The van der Waals surface area contributed by atoms with Gasteiger partial charge in [0.05, 0.1) is 5.56 Å². The SMILES string of the molecule is CCC1C(=O)NCCN1c1nc2c(cc1C(N)=S)CCC2. The van der Waals surface area contributed by atoms with Gasteiger partial charge in [-0.25, -0.2) is 4.98 Å². The van der Waals surface area contributed by atoms with E-state index in [9.17, 15) is 4.79 Å². The maximum Gasteiger partial charge on any atom is 0.242 e. The summed E-state index contributed by atoms with van der Waals surface area (Å²) in [4.78, 5) is 19.3. The Morgan fingerprint density at radius 2 is 2.38 bits per heavy atom. The van der Waals surface area contributed by atoms with Crippen molar-refractivity contribution < 1.29 is 4.79 Å². The number of nitrogens with zero attached hydrogens (tertiary/aromatic N) is 2. The highest BCUT2D eigenvalue weighted by Crippen LogP contribution is 2.29. The Kier molecular flexibility index (Phi) is 3.80. The number of nitrogens with two attached hydrogens (primary N) is 1. The van der Waals surface area contributed by atoms with Gasteiger partial charge in [-0.3, -0.25) is 4.79 Å². The first-order valence-corrected chi connectivity index (χ1v) is 7.89. The summed E-state index contributed by atoms with van der Waals surface area (Å²) >= 11 is 5.20. The van der Waals surface area contributed by atoms with Gasteiger partial charge in [0.2, 0.25) is 5.91 Å². The fourth-order valence-electron chi connectivity index (χ4n) is 3.24. The number of hydrogen-bond acceptors (Lipinski definition) is 4. The molecule has 0 saturated carbocycles. The molecule has 1 aromatic heterocycles. The van der Waals surface area contributed by atoms with Crippen LogP contribution in [0.15, 0.2) is 6.07 Å². The molecule has 21 heavy (non-hydrogen) atoms. The molecule has 3 rings (SSSR count). The van der Waals surface area contributed by atoms with Crippen molar-refractivity contribution in [2.75, 3.05) is 18.0 Å². The number of thiocarbonyl (C=S) groups is 1. The lowest BCUT2D eigenvalue weighted by Crippen LogP contribution is -2.55. The molecule has 1 amide bonds. The Hall–Kier alpha value is -1.69. The van der Waals surface area contributed by atoms with Crippen molar-refractivity contribution >= 4 is 28.9 Å². The Morgan fingerprint density at radius 1 is 1.57 bits per heavy atom. The molecule has 0 spiro atoms. The highest BCUT2D eigenvalue weighted by atomic mass is 32.1. The van der Waals surface area contributed by atoms with Crippen molar-refractivity contribution in [3.8, 4) is 0 Å². The van der Waals surface area contributed by atoms with E-state index >= 15 is 0 Å². The summed E-state index contributed by atoms with van der Waals surface area (Å²) in [6, 6.07) is 1.88. The van der Waals surface area contributed by atoms with Crippen LogP contribution in [0.5, 0.6) is 0 Å². The number of carbonyl (C=O) groups is 1. The number of aromatic nitrogens is 1. The standard InChI is InChI=1S/C15H20N4OS/c1-2-12-15(20)17-6-7-19(12)14-10(13(16)21)8-9-4-3-5-11(9)18-14/h8,12H,2-7H2,1H3,(H2,16,21)(H,17,20). The molecule has 1 aliphatic carbocycles. The third kappa shape index (κ3) is 2.48. The van der Waals surface area contributed by atoms with Crippen LogP contribution >= 0.6 is 12.2 Å². The fraction of sp³-hybridized carbons (Fsp3) is 0.533. The van der Waals surface area contributed by atoms with E-state index in [4.69, 9.17) is 22.9 Å². The van der Waals surface area contributed by atoms with Crippen molar-refractivity contribution in [3.05, 3.63) is 22.9 Å². The number of rotatable bonds is 3. The normalized spacial score (nSPS) is 21.1. The first kappa shape index (κ1) is 14.3. The zero-order valence-corrected chi connectivity index (χ0v) is 13.0. The number of piperazine rings is 1. The molecule has 3 N–H and O–H groups in total. The first-order valence-electron chi connectivity index (χ1n) is 7.48. The third-order valence-corrected chi connectivity index (χ3v) is 4.51. The van der Waals surface area contributed by atoms with Gasteiger partial charge in [0.15, 0.2) is 0 Å². The third-order valence-electron chi connectivity index (χ3n) is 4.29. The smallest absolute Gasteiger partial charge is 0.242 e. The van der Waals surface area contributed by atoms with Gasteiger partial charge in [-0.15, -0.1) is 0 Å². The van der Waals surface area contributed by atoms with Crippen LogP contribution in [0.3, 0.4) is 0 Å². The number of amides is 1. The molecule has 6 heteroatoms. The molecule has 0 aromatic carbocycles. The summed E-state index contributed by atoms with van der Waals surface area (Å²) in [5, 5.41) is 2.91. The van der Waals surface area contributed by atoms with Crippen LogP contribution in [0.25, 0.3) is 0 Å². The van der Waals surface area contributed by atoms with Gasteiger partial charge in [-0.05, 0) is 37.3 Å². The molecular formula is C15H20N4OS. The quantitative estimate of drug-likeness (QED) is 0.813. The molecule has 112 valence electrons. The molecule has 0 bridgehead atoms. The molecule has 2 aliphatic rings. The maximum absolute atomic E-state index is 12.1. The van der Waals surface area contributed by atoms with Gasteiger partial charge in [-0.2, -0.15) is 0 Å². The van der Waals surface area contributed by atoms with Gasteiger partial charge in [-0.1, -0.05) is 19.1 Å². The predicted octanol–water partition coefficient (Wildman–Crippen LogP) is 0.919. The Morgan fingerprint density at radius 3 is 3.10 bits per heavy atom. The van der Waals surface area contributed by atoms with E-state index < -0.39 is 0 Å². The lowest BCUT2D eigenvalue weighted by Gasteiger charge is -2.36. The highest BCUT2D eigenvalue weighted by molar-refractivity contribution is 7.80. The van der Waals surface area contributed by atoms with Gasteiger partial charge in [0.25, 0.3) is 0 Å². The summed E-state index contributed by atoms with van der Waals surface area (Å²) in [7, 11) is 0. The number of anilines is 1. The van der Waals surface area contributed by atoms with E-state index in [2.05, 4.69) is 16.3 Å². The molecule has 1 aromatic rings. The molecule has 1 atom stereocenters. The number of fused-ring (bicyclic) bond motifs is 1. The second-order valence-electron chi connectivity index (χ2n) is 5.59. The summed E-state index contributed by atoms with van der Waals surface area (Å²) in [5.41, 5.74) is 9.08. The summed E-state index contributed by atoms with van der Waals surface area (Å²) in [6.45, 7) is 3.38. The van der Waals surface area contributed by atoms with Crippen LogP contribution in [0.1, 0.15) is 36.6 Å². The number of carbonyl (C=O) groups excluding carboxylic acids is 1. The van der Waals surface area contributed by atoms with Crippen LogP contribution in [-0.4, -0.2) is 35.0 Å². The molecular weight excluding hydrogens is 284 g/mol. The van der Waals surface area contributed by atoms with Crippen molar-refractivity contribution in [1.82, 2.24) is 10.3 Å². The molecule has 5 nitrogen and oxygen atoms in total. The number of pyridine rings is 1. The van der Waals surface area contributed by atoms with Crippen LogP contribution in [-0.2, 0) is 17.6 Å². The summed E-state index contributed by atoms with van der Waals surface area (Å²) < 4.78 is 0. The molecule has 0 radical (unpaired) electrons. The van der Waals surface area contributed by atoms with E-state index in [1.54, 1.807) is 0 Å². The first-order chi connectivity index (χ1) is 10.1. The van der Waals surface area contributed by atoms with Crippen molar-refractivity contribution in [2.24, 2.45) is 5.73 Å². The minimum absolute atomic E-state index is 0.0555. The average Bonchev–Trinajstić information content (AvgIpc) is 2.92. The Balaban J connectivity index is 2.07. The van der Waals surface area contributed by atoms with E-state index in [0.29, 0.717) is 11.5 Å². The lowest BCUT2D eigenvalue weighted by atomic mass is 10.1. The van der Waals surface area contributed by atoms with Crippen molar-refractivity contribution in [2.45, 2.75) is 38.6 Å². The van der Waals surface area contributed by atoms with E-state index in [-0.39, 0.29) is 11.9 Å². The predicted molar refractivity (Wildman–Crippen MR) is 86.6 cm³/mol. The average molecular weight is 304 g/mol. The highest BCUT2D eigenvalue weighted by Gasteiger charge is 2.31. The van der Waals surface area contributed by atoms with E-state index in [0.717, 1.165) is 49.3 Å². The molecule has 1 saturated heterocycles. The van der Waals surface area contributed by atoms with Gasteiger partial charge < -0.3 is 16.0 Å². The van der Waals surface area contributed by atoms with Gasteiger partial charge in [0.1, 0.15) is 16.8 Å². The largest absolute Gasteiger partial charge is 0.389 e.